The van der Waals surface area contributed by atoms with Crippen LogP contribution in [0.15, 0.2) is 15.9 Å². The van der Waals surface area contributed by atoms with Crippen LogP contribution in [0.2, 0.25) is 0 Å². The van der Waals surface area contributed by atoms with Gasteiger partial charge < -0.3 is 9.47 Å². The zero-order chi connectivity index (χ0) is 17.4. The predicted octanol–water partition coefficient (Wildman–Crippen LogP) is 0.225. The van der Waals surface area contributed by atoms with Gasteiger partial charge in [0.1, 0.15) is 6.54 Å². The van der Waals surface area contributed by atoms with E-state index in [0.29, 0.717) is 5.65 Å². The number of carbonyl (C=O) groups excluding carboxylic acids is 1. The Kier molecular flexibility index (Phi) is 4.29. The molecule has 1 aliphatic heterocycles. The first-order chi connectivity index (χ1) is 11.5. The van der Waals surface area contributed by atoms with Gasteiger partial charge in [0.15, 0.2) is 11.2 Å². The van der Waals surface area contributed by atoms with Gasteiger partial charge in [-0.2, -0.15) is 0 Å². The Bertz CT molecular complexity index is 891. The van der Waals surface area contributed by atoms with Gasteiger partial charge in [-0.3, -0.25) is 18.7 Å². The fourth-order valence-corrected chi connectivity index (χ4v) is 3.51. The summed E-state index contributed by atoms with van der Waals surface area (Å²) in [5, 5.41) is 0. The molecule has 1 amide bonds. The van der Waals surface area contributed by atoms with Crippen molar-refractivity contribution in [1.82, 2.24) is 23.6 Å². The molecule has 2 aromatic rings. The van der Waals surface area contributed by atoms with E-state index in [0.717, 1.165) is 36.8 Å². The molecule has 0 bridgehead atoms. The number of fused-ring (bicyclic) bond motifs is 1. The number of carbonyl (C=O) groups is 1. The summed E-state index contributed by atoms with van der Waals surface area (Å²) in [5.41, 5.74) is -0.255. The number of imidazole rings is 1. The van der Waals surface area contributed by atoms with Crippen molar-refractivity contribution in [2.24, 2.45) is 14.1 Å². The molecule has 0 aromatic carbocycles. The second-order valence-electron chi connectivity index (χ2n) is 6.40. The minimum absolute atomic E-state index is 0.00300. The van der Waals surface area contributed by atoms with Crippen molar-refractivity contribution in [1.29, 1.82) is 0 Å². The number of amides is 1. The summed E-state index contributed by atoms with van der Waals surface area (Å²) in [6.45, 7) is 2.93. The van der Waals surface area contributed by atoms with Gasteiger partial charge in [0.2, 0.25) is 5.91 Å². The van der Waals surface area contributed by atoms with Crippen molar-refractivity contribution in [2.45, 2.75) is 45.2 Å². The fraction of sp³-hybridized carbons (Fsp3) is 0.625. The summed E-state index contributed by atoms with van der Waals surface area (Å²) in [4.78, 5) is 43.2. The Labute approximate surface area is 139 Å². The number of hydrogen-bond donors (Lipinski definition) is 0. The van der Waals surface area contributed by atoms with Crippen LogP contribution in [0.3, 0.4) is 0 Å². The highest BCUT2D eigenvalue weighted by Crippen LogP contribution is 2.20. The molecule has 1 fully saturated rings. The zero-order valence-electron chi connectivity index (χ0n) is 14.4. The highest BCUT2D eigenvalue weighted by molar-refractivity contribution is 5.79. The van der Waals surface area contributed by atoms with Gasteiger partial charge >= 0.3 is 5.69 Å². The molecule has 8 heteroatoms. The molecule has 0 aliphatic carbocycles. The number of aryl methyl sites for hydroxylation is 1. The molecule has 0 radical (unpaired) electrons. The number of nitrogens with zero attached hydrogens (tertiary/aromatic N) is 5. The summed E-state index contributed by atoms with van der Waals surface area (Å²) in [5.74, 6) is -0.00300. The minimum Gasteiger partial charge on any atom is -0.338 e. The Balaban J connectivity index is 1.98. The van der Waals surface area contributed by atoms with Gasteiger partial charge in [-0.05, 0) is 25.7 Å². The first kappa shape index (κ1) is 16.5. The highest BCUT2D eigenvalue weighted by Gasteiger charge is 2.26. The maximum absolute atomic E-state index is 12.7. The second kappa shape index (κ2) is 6.26. The molecule has 130 valence electrons. The molecule has 1 aliphatic rings. The Hall–Kier alpha value is -2.38. The maximum Gasteiger partial charge on any atom is 0.332 e. The zero-order valence-corrected chi connectivity index (χ0v) is 14.4. The lowest BCUT2D eigenvalue weighted by Crippen LogP contribution is -2.45. The first-order valence-corrected chi connectivity index (χ1v) is 8.36. The molecule has 3 heterocycles. The quantitative estimate of drug-likeness (QED) is 0.805. The largest absolute Gasteiger partial charge is 0.338 e. The van der Waals surface area contributed by atoms with Crippen LogP contribution >= 0.6 is 0 Å². The van der Waals surface area contributed by atoms with Crippen molar-refractivity contribution in [3.8, 4) is 0 Å². The standard InChI is InChI=1S/C16H23N5O3/c1-4-11-7-5-6-8-21(11)12(22)9-20-10-17-14-13(20)15(23)19(3)16(24)18(14)2/h10-11H,4-9H2,1-3H3/t11-/m1/s1. The molecular weight excluding hydrogens is 310 g/mol. The van der Waals surface area contributed by atoms with Crippen LogP contribution in [0.4, 0.5) is 0 Å². The van der Waals surface area contributed by atoms with E-state index >= 15 is 0 Å². The topological polar surface area (TPSA) is 82.1 Å². The number of rotatable bonds is 3. The van der Waals surface area contributed by atoms with Crippen LogP contribution in [0.1, 0.15) is 32.6 Å². The van der Waals surface area contributed by atoms with Crippen LogP contribution in [0, 0.1) is 0 Å². The number of piperidine rings is 1. The van der Waals surface area contributed by atoms with E-state index < -0.39 is 11.2 Å². The van der Waals surface area contributed by atoms with E-state index in [4.69, 9.17) is 0 Å². The first-order valence-electron chi connectivity index (χ1n) is 8.36. The molecule has 3 rings (SSSR count). The maximum atomic E-state index is 12.7. The average molecular weight is 333 g/mol. The third kappa shape index (κ3) is 2.55. The lowest BCUT2D eigenvalue weighted by molar-refractivity contribution is -0.135. The summed E-state index contributed by atoms with van der Waals surface area (Å²) < 4.78 is 3.93. The summed E-state index contributed by atoms with van der Waals surface area (Å²) in [6, 6.07) is 0.272. The van der Waals surface area contributed by atoms with Crippen LogP contribution < -0.4 is 11.2 Å². The SMILES string of the molecule is CC[C@@H]1CCCCN1C(=O)Cn1cnc2c1c(=O)n(C)c(=O)n2C. The third-order valence-electron chi connectivity index (χ3n) is 4.94. The van der Waals surface area contributed by atoms with Gasteiger partial charge in [0.05, 0.1) is 6.33 Å². The molecule has 1 atom stereocenters. The fourth-order valence-electron chi connectivity index (χ4n) is 3.51. The third-order valence-corrected chi connectivity index (χ3v) is 4.94. The Morgan fingerprint density at radius 1 is 1.25 bits per heavy atom. The molecule has 0 unspecified atom stereocenters. The molecule has 24 heavy (non-hydrogen) atoms. The summed E-state index contributed by atoms with van der Waals surface area (Å²) in [6.07, 6.45) is 5.60. The smallest absolute Gasteiger partial charge is 0.332 e. The van der Waals surface area contributed by atoms with Gasteiger partial charge in [-0.25, -0.2) is 9.78 Å². The minimum atomic E-state index is -0.427. The lowest BCUT2D eigenvalue weighted by Gasteiger charge is -2.35. The molecule has 0 N–H and O–H groups in total. The van der Waals surface area contributed by atoms with Gasteiger partial charge in [0.25, 0.3) is 5.56 Å². The van der Waals surface area contributed by atoms with Crippen molar-refractivity contribution in [2.75, 3.05) is 6.54 Å². The summed E-state index contributed by atoms with van der Waals surface area (Å²) >= 11 is 0. The molecule has 0 spiro atoms. The van der Waals surface area contributed by atoms with Crippen molar-refractivity contribution >= 4 is 17.1 Å². The monoisotopic (exact) mass is 333 g/mol. The van der Waals surface area contributed by atoms with E-state index in [2.05, 4.69) is 11.9 Å². The molecule has 1 saturated heterocycles. The molecular formula is C16H23N5O3. The van der Waals surface area contributed by atoms with E-state index in [-0.39, 0.29) is 24.0 Å². The Morgan fingerprint density at radius 3 is 2.71 bits per heavy atom. The van der Waals surface area contributed by atoms with E-state index in [1.165, 1.54) is 17.9 Å². The van der Waals surface area contributed by atoms with Crippen molar-refractivity contribution in [3.63, 3.8) is 0 Å². The van der Waals surface area contributed by atoms with Crippen molar-refractivity contribution in [3.05, 3.63) is 27.2 Å². The summed E-state index contributed by atoms with van der Waals surface area (Å²) in [7, 11) is 3.00. The van der Waals surface area contributed by atoms with Crippen molar-refractivity contribution < 1.29 is 4.79 Å². The lowest BCUT2D eigenvalue weighted by atomic mass is 10.00. The predicted molar refractivity (Wildman–Crippen MR) is 89.9 cm³/mol. The number of likely N-dealkylation sites (tertiary alicyclic amines) is 1. The van der Waals surface area contributed by atoms with E-state index in [1.54, 1.807) is 11.6 Å². The molecule has 8 nitrogen and oxygen atoms in total. The van der Waals surface area contributed by atoms with Crippen LogP contribution in [0.25, 0.3) is 11.2 Å². The highest BCUT2D eigenvalue weighted by atomic mass is 16.2. The van der Waals surface area contributed by atoms with Gasteiger partial charge in [-0.1, -0.05) is 6.92 Å². The number of hydrogen-bond acceptors (Lipinski definition) is 4. The number of aromatic nitrogens is 4. The Morgan fingerprint density at radius 2 is 2.00 bits per heavy atom. The van der Waals surface area contributed by atoms with E-state index in [1.807, 2.05) is 4.90 Å². The second-order valence-corrected chi connectivity index (χ2v) is 6.40. The molecule has 0 saturated carbocycles. The van der Waals surface area contributed by atoms with Crippen LogP contribution in [0.5, 0.6) is 0 Å². The van der Waals surface area contributed by atoms with Gasteiger partial charge in [-0.15, -0.1) is 0 Å². The molecule has 2 aromatic heterocycles. The van der Waals surface area contributed by atoms with Crippen LogP contribution in [-0.4, -0.2) is 42.1 Å². The van der Waals surface area contributed by atoms with E-state index in [9.17, 15) is 14.4 Å². The van der Waals surface area contributed by atoms with Gasteiger partial charge in [0, 0.05) is 26.7 Å². The average Bonchev–Trinajstić information content (AvgIpc) is 3.01. The normalized spacial score (nSPS) is 18.3. The van der Waals surface area contributed by atoms with Crippen LogP contribution in [-0.2, 0) is 25.4 Å².